The van der Waals surface area contributed by atoms with Crippen LogP contribution in [0, 0.1) is 0 Å². The first kappa shape index (κ1) is 22.0. The van der Waals surface area contributed by atoms with Gasteiger partial charge in [0.15, 0.2) is 0 Å². The van der Waals surface area contributed by atoms with Gasteiger partial charge in [-0.25, -0.2) is 14.4 Å². The first-order valence-electron chi connectivity index (χ1n) is 8.23. The Kier molecular flexibility index (Phi) is 6.46. The van der Waals surface area contributed by atoms with E-state index in [-0.39, 0.29) is 21.4 Å². The molecule has 0 radical (unpaired) electrons. The van der Waals surface area contributed by atoms with Gasteiger partial charge >= 0.3 is 18.1 Å². The van der Waals surface area contributed by atoms with Gasteiger partial charge in [-0.3, -0.25) is 0 Å². The van der Waals surface area contributed by atoms with Gasteiger partial charge in [0.1, 0.15) is 21.1 Å². The number of carbonyl (C=O) groups is 3. The van der Waals surface area contributed by atoms with Gasteiger partial charge < -0.3 is 19.9 Å². The van der Waals surface area contributed by atoms with Crippen molar-refractivity contribution < 1.29 is 28.6 Å². The van der Waals surface area contributed by atoms with Crippen LogP contribution in [0.5, 0.6) is 0 Å². The summed E-state index contributed by atoms with van der Waals surface area (Å²) in [6, 6.07) is 0. The number of anilines is 1. The van der Waals surface area contributed by atoms with Gasteiger partial charge in [0.05, 0.1) is 5.56 Å². The molecule has 7 nitrogen and oxygen atoms in total. The van der Waals surface area contributed by atoms with E-state index < -0.39 is 29.3 Å². The fourth-order valence-corrected chi connectivity index (χ4v) is 3.19. The predicted octanol–water partition coefficient (Wildman–Crippen LogP) is 4.50. The highest BCUT2D eigenvalue weighted by Crippen LogP contribution is 2.37. The summed E-state index contributed by atoms with van der Waals surface area (Å²) in [6.45, 7) is 13.8. The van der Waals surface area contributed by atoms with Crippen LogP contribution >= 0.6 is 11.3 Å². The molecule has 0 amide bonds. The van der Waals surface area contributed by atoms with Crippen LogP contribution in [0.1, 0.15) is 86.9 Å². The van der Waals surface area contributed by atoms with Gasteiger partial charge in [-0.05, 0) is 53.0 Å². The van der Waals surface area contributed by atoms with Crippen molar-refractivity contribution in [2.45, 2.75) is 72.5 Å². The third-order valence-corrected chi connectivity index (χ3v) is 3.92. The van der Waals surface area contributed by atoms with Crippen LogP contribution in [-0.2, 0) is 14.2 Å². The minimum absolute atomic E-state index is 0.00304. The highest BCUT2D eigenvalue weighted by Gasteiger charge is 2.32. The van der Waals surface area contributed by atoms with Crippen molar-refractivity contribution in [3.63, 3.8) is 0 Å². The molecule has 2 N–H and O–H groups in total. The van der Waals surface area contributed by atoms with Crippen molar-refractivity contribution >= 4 is 34.4 Å². The number of nitrogen functional groups attached to an aromatic ring is 1. The van der Waals surface area contributed by atoms with Gasteiger partial charge in [-0.15, -0.1) is 11.3 Å². The van der Waals surface area contributed by atoms with Crippen molar-refractivity contribution in [2.75, 3.05) is 5.73 Å². The van der Waals surface area contributed by atoms with Crippen LogP contribution in [0.25, 0.3) is 0 Å². The third kappa shape index (κ3) is 6.01. The molecule has 0 aliphatic carbocycles. The minimum Gasteiger partial charge on any atom is -0.456 e. The van der Waals surface area contributed by atoms with E-state index in [9.17, 15) is 14.4 Å². The SMILES string of the molecule is CC(C)c1c(C(=O)OC(C)(C)C)sc(N)c1C(=O)OC(=O)OC(C)(C)C. The summed E-state index contributed by atoms with van der Waals surface area (Å²) in [5.41, 5.74) is 4.84. The lowest BCUT2D eigenvalue weighted by Gasteiger charge is -2.20. The second kappa shape index (κ2) is 7.65. The largest absolute Gasteiger partial charge is 0.516 e. The van der Waals surface area contributed by atoms with Crippen molar-refractivity contribution in [2.24, 2.45) is 0 Å². The fraction of sp³-hybridized carbons (Fsp3) is 0.611. The van der Waals surface area contributed by atoms with E-state index in [1.807, 2.05) is 0 Å². The number of esters is 2. The summed E-state index contributed by atoms with van der Waals surface area (Å²) >= 11 is 0.937. The van der Waals surface area contributed by atoms with E-state index >= 15 is 0 Å². The molecule has 0 bridgehead atoms. The number of nitrogens with two attached hydrogens (primary N) is 1. The van der Waals surface area contributed by atoms with Gasteiger partial charge in [0.2, 0.25) is 0 Å². The van der Waals surface area contributed by atoms with E-state index in [4.69, 9.17) is 19.9 Å². The summed E-state index contributed by atoms with van der Waals surface area (Å²) in [5.74, 6) is -1.74. The Hall–Kier alpha value is -2.09. The van der Waals surface area contributed by atoms with Gasteiger partial charge in [-0.2, -0.15) is 0 Å². The van der Waals surface area contributed by atoms with Gasteiger partial charge in [0.25, 0.3) is 0 Å². The zero-order valence-electron chi connectivity index (χ0n) is 16.5. The van der Waals surface area contributed by atoms with Crippen LogP contribution in [0.2, 0.25) is 0 Å². The first-order chi connectivity index (χ1) is 11.6. The Bertz CT molecular complexity index is 706. The molecule has 0 spiro atoms. The number of ether oxygens (including phenoxy) is 3. The van der Waals surface area contributed by atoms with Crippen molar-refractivity contribution in [1.29, 1.82) is 0 Å². The van der Waals surface area contributed by atoms with Crippen LogP contribution < -0.4 is 5.73 Å². The zero-order chi connectivity index (χ0) is 20.4. The average Bonchev–Trinajstić information content (AvgIpc) is 2.72. The molecule has 146 valence electrons. The van der Waals surface area contributed by atoms with Crippen LogP contribution in [0.4, 0.5) is 9.80 Å². The number of rotatable bonds is 3. The monoisotopic (exact) mass is 385 g/mol. The molecule has 0 aliphatic heterocycles. The Balaban J connectivity index is 3.22. The van der Waals surface area contributed by atoms with Crippen molar-refractivity contribution in [3.05, 3.63) is 16.0 Å². The lowest BCUT2D eigenvalue weighted by Crippen LogP contribution is -2.26. The highest BCUT2D eigenvalue weighted by atomic mass is 32.1. The van der Waals surface area contributed by atoms with E-state index in [0.29, 0.717) is 5.56 Å². The standard InChI is InChI=1S/C18H27NO6S/c1-9(2)10-11(14(20)23-16(22)25-18(6,7)8)13(19)26-12(10)15(21)24-17(3,4)5/h9H,19H2,1-8H3. The number of carbonyl (C=O) groups excluding carboxylic acids is 3. The fourth-order valence-electron chi connectivity index (χ4n) is 2.10. The molecule has 1 aromatic heterocycles. The first-order valence-corrected chi connectivity index (χ1v) is 9.04. The van der Waals surface area contributed by atoms with Gasteiger partial charge in [0, 0.05) is 0 Å². The van der Waals surface area contributed by atoms with E-state index in [1.165, 1.54) is 0 Å². The topological polar surface area (TPSA) is 105 Å². The Morgan fingerprint density at radius 1 is 0.923 bits per heavy atom. The molecule has 0 atom stereocenters. The summed E-state index contributed by atoms with van der Waals surface area (Å²) in [6.07, 6.45) is -1.12. The molecule has 0 unspecified atom stereocenters. The quantitative estimate of drug-likeness (QED) is 0.603. The molecule has 1 aromatic rings. The lowest BCUT2D eigenvalue weighted by atomic mass is 9.98. The zero-order valence-corrected chi connectivity index (χ0v) is 17.3. The molecule has 26 heavy (non-hydrogen) atoms. The summed E-state index contributed by atoms with van der Waals surface area (Å²) in [5, 5.41) is 0.0862. The predicted molar refractivity (Wildman–Crippen MR) is 99.6 cm³/mol. The van der Waals surface area contributed by atoms with Crippen LogP contribution in [0.3, 0.4) is 0 Å². The molecule has 0 saturated heterocycles. The van der Waals surface area contributed by atoms with E-state index in [2.05, 4.69) is 0 Å². The average molecular weight is 385 g/mol. The summed E-state index contributed by atoms with van der Waals surface area (Å²) < 4.78 is 15.1. The molecule has 0 aliphatic rings. The van der Waals surface area contributed by atoms with Crippen molar-refractivity contribution in [1.82, 2.24) is 0 Å². The molecule has 0 fully saturated rings. The molecular weight excluding hydrogens is 358 g/mol. The summed E-state index contributed by atoms with van der Waals surface area (Å²) in [4.78, 5) is 36.9. The number of thiophene rings is 1. The molecule has 1 rings (SSSR count). The lowest BCUT2D eigenvalue weighted by molar-refractivity contribution is -0.00164. The minimum atomic E-state index is -1.12. The molecule has 0 aromatic carbocycles. The maximum atomic E-state index is 12.5. The maximum Gasteiger partial charge on any atom is 0.516 e. The summed E-state index contributed by atoms with van der Waals surface area (Å²) in [7, 11) is 0. The normalized spacial score (nSPS) is 12.0. The molecule has 8 heteroatoms. The Morgan fingerprint density at radius 2 is 1.42 bits per heavy atom. The second-order valence-corrected chi connectivity index (χ2v) is 9.15. The van der Waals surface area contributed by atoms with Crippen LogP contribution in [-0.4, -0.2) is 29.3 Å². The van der Waals surface area contributed by atoms with E-state index in [1.54, 1.807) is 55.4 Å². The van der Waals surface area contributed by atoms with E-state index in [0.717, 1.165) is 11.3 Å². The Morgan fingerprint density at radius 3 is 1.85 bits per heavy atom. The highest BCUT2D eigenvalue weighted by molar-refractivity contribution is 7.18. The maximum absolute atomic E-state index is 12.5. The third-order valence-electron chi connectivity index (χ3n) is 2.90. The Labute approximate surface area is 157 Å². The molecular formula is C18H27NO6S. The molecule has 0 saturated carbocycles. The van der Waals surface area contributed by atoms with Crippen molar-refractivity contribution in [3.8, 4) is 0 Å². The smallest absolute Gasteiger partial charge is 0.456 e. The number of hydrogen-bond acceptors (Lipinski definition) is 8. The van der Waals surface area contributed by atoms with Gasteiger partial charge in [-0.1, -0.05) is 13.8 Å². The second-order valence-electron chi connectivity index (χ2n) is 8.09. The number of hydrogen-bond donors (Lipinski definition) is 1. The molecule has 1 heterocycles. The van der Waals surface area contributed by atoms with Crippen LogP contribution in [0.15, 0.2) is 0 Å².